The predicted molar refractivity (Wildman–Crippen MR) is 111 cm³/mol. The fourth-order valence-electron chi connectivity index (χ4n) is 5.93. The largest absolute Gasteiger partial charge is 0.625 e. The van der Waals surface area contributed by atoms with Crippen molar-refractivity contribution in [2.45, 2.75) is 50.9 Å². The first-order chi connectivity index (χ1) is 14.5. The standard InChI is InChI=1S/C23H30FN3O3/c24-18-6-7-20-21(14-18)30-25-22(20)16-8-11-26(12-9-16)10-3-13-27(29)15-17-4-1-2-5-19(17)23(27)28/h6-7,14,16-17,19H,1-5,8-13,15H2/t17-,19-,27?/m1/s1. The normalized spacial score (nSPS) is 30.8. The number of hydrogen-bond acceptors (Lipinski definition) is 5. The summed E-state index contributed by atoms with van der Waals surface area (Å²) in [6.45, 7) is 3.68. The third-order valence-electron chi connectivity index (χ3n) is 7.59. The molecule has 1 unspecified atom stereocenters. The van der Waals surface area contributed by atoms with Crippen LogP contribution in [0.2, 0.25) is 0 Å². The Morgan fingerprint density at radius 1 is 1.20 bits per heavy atom. The highest BCUT2D eigenvalue weighted by Gasteiger charge is 2.49. The molecule has 3 fully saturated rings. The molecule has 3 atom stereocenters. The number of benzene rings is 1. The fraction of sp³-hybridized carbons (Fsp3) is 0.652. The van der Waals surface area contributed by atoms with E-state index in [1.165, 1.54) is 18.6 Å². The van der Waals surface area contributed by atoms with Crippen molar-refractivity contribution in [3.05, 3.63) is 34.9 Å². The molecule has 5 rings (SSSR count). The lowest BCUT2D eigenvalue weighted by atomic mass is 9.81. The Balaban J connectivity index is 1.12. The Morgan fingerprint density at radius 3 is 2.80 bits per heavy atom. The van der Waals surface area contributed by atoms with Crippen molar-refractivity contribution < 1.29 is 18.4 Å². The summed E-state index contributed by atoms with van der Waals surface area (Å²) in [4.78, 5) is 15.0. The van der Waals surface area contributed by atoms with E-state index in [-0.39, 0.29) is 17.6 Å². The first kappa shape index (κ1) is 20.1. The Labute approximate surface area is 176 Å². The zero-order valence-corrected chi connectivity index (χ0v) is 17.4. The number of hydroxylamine groups is 3. The van der Waals surface area contributed by atoms with E-state index < -0.39 is 4.65 Å². The molecule has 1 aliphatic carbocycles. The smallest absolute Gasteiger partial charge is 0.317 e. The molecular weight excluding hydrogens is 385 g/mol. The van der Waals surface area contributed by atoms with Gasteiger partial charge in [0.2, 0.25) is 0 Å². The Morgan fingerprint density at radius 2 is 2.00 bits per heavy atom. The molecule has 7 heteroatoms. The number of rotatable bonds is 5. The molecule has 6 nitrogen and oxygen atoms in total. The van der Waals surface area contributed by atoms with Gasteiger partial charge in [-0.1, -0.05) is 18.0 Å². The van der Waals surface area contributed by atoms with Crippen LogP contribution in [0.3, 0.4) is 0 Å². The number of hydrogen-bond donors (Lipinski definition) is 0. The third-order valence-corrected chi connectivity index (χ3v) is 7.59. The van der Waals surface area contributed by atoms with Crippen molar-refractivity contribution in [1.82, 2.24) is 10.1 Å². The maximum atomic E-state index is 13.4. The van der Waals surface area contributed by atoms with E-state index in [0.29, 0.717) is 30.5 Å². The number of carbonyl (C=O) groups is 1. The van der Waals surface area contributed by atoms with E-state index in [2.05, 4.69) is 10.1 Å². The Hall–Kier alpha value is -1.83. The van der Waals surface area contributed by atoms with Gasteiger partial charge in [-0.3, -0.25) is 4.65 Å². The molecule has 162 valence electrons. The molecule has 3 heterocycles. The fourth-order valence-corrected chi connectivity index (χ4v) is 5.93. The van der Waals surface area contributed by atoms with E-state index in [1.807, 2.05) is 0 Å². The van der Waals surface area contributed by atoms with Crippen molar-refractivity contribution in [2.24, 2.45) is 11.8 Å². The lowest BCUT2D eigenvalue weighted by molar-refractivity contribution is -0.798. The number of likely N-dealkylation sites (tertiary alicyclic amines) is 2. The van der Waals surface area contributed by atoms with Gasteiger partial charge in [-0.2, -0.15) is 0 Å². The lowest BCUT2D eigenvalue weighted by Crippen LogP contribution is -2.46. The number of fused-ring (bicyclic) bond motifs is 2. The molecule has 0 bridgehead atoms. The molecule has 0 N–H and O–H groups in total. The second kappa shape index (κ2) is 8.02. The SMILES string of the molecule is O=C1[C@@H]2CCCC[C@@H]2C[N+]1([O-])CCCN1CCC(c2noc3cc(F)ccc23)CC1. The minimum Gasteiger partial charge on any atom is -0.625 e. The predicted octanol–water partition coefficient (Wildman–Crippen LogP) is 4.20. The van der Waals surface area contributed by atoms with Gasteiger partial charge in [0, 0.05) is 36.3 Å². The molecule has 1 amide bonds. The van der Waals surface area contributed by atoms with Crippen LogP contribution in [0.4, 0.5) is 4.39 Å². The van der Waals surface area contributed by atoms with Crippen molar-refractivity contribution in [3.8, 4) is 0 Å². The topological polar surface area (TPSA) is 69.4 Å². The molecule has 1 aromatic heterocycles. The lowest BCUT2D eigenvalue weighted by Gasteiger charge is -2.37. The summed E-state index contributed by atoms with van der Waals surface area (Å²) in [7, 11) is 0. The third kappa shape index (κ3) is 3.67. The second-order valence-electron chi connectivity index (χ2n) is 9.46. The van der Waals surface area contributed by atoms with Gasteiger partial charge in [0.15, 0.2) is 5.58 Å². The van der Waals surface area contributed by atoms with E-state index in [1.54, 1.807) is 6.07 Å². The molecule has 3 aliphatic rings. The van der Waals surface area contributed by atoms with Gasteiger partial charge < -0.3 is 14.6 Å². The molecule has 2 aliphatic heterocycles. The van der Waals surface area contributed by atoms with E-state index in [9.17, 15) is 14.4 Å². The average Bonchev–Trinajstić information content (AvgIpc) is 3.27. The van der Waals surface area contributed by atoms with Gasteiger partial charge >= 0.3 is 5.91 Å². The summed E-state index contributed by atoms with van der Waals surface area (Å²) in [6.07, 6.45) is 6.94. The second-order valence-corrected chi connectivity index (χ2v) is 9.46. The van der Waals surface area contributed by atoms with Gasteiger partial charge in [0.05, 0.1) is 24.7 Å². The molecule has 30 heavy (non-hydrogen) atoms. The molecular formula is C23H30FN3O3. The number of piperidine rings is 1. The summed E-state index contributed by atoms with van der Waals surface area (Å²) >= 11 is 0. The zero-order valence-electron chi connectivity index (χ0n) is 17.4. The van der Waals surface area contributed by atoms with Crippen LogP contribution >= 0.6 is 0 Å². The van der Waals surface area contributed by atoms with Gasteiger partial charge in [-0.05, 0) is 50.9 Å². The van der Waals surface area contributed by atoms with Crippen LogP contribution in [0.15, 0.2) is 22.7 Å². The van der Waals surface area contributed by atoms with Crippen LogP contribution in [0.25, 0.3) is 11.0 Å². The van der Waals surface area contributed by atoms with Crippen LogP contribution in [0.5, 0.6) is 0 Å². The van der Waals surface area contributed by atoms with Crippen LogP contribution in [-0.4, -0.2) is 53.3 Å². The van der Waals surface area contributed by atoms with Crippen LogP contribution < -0.4 is 0 Å². The summed E-state index contributed by atoms with van der Waals surface area (Å²) in [6, 6.07) is 4.60. The molecule has 0 radical (unpaired) electrons. The summed E-state index contributed by atoms with van der Waals surface area (Å²) in [5.41, 5.74) is 1.44. The first-order valence-corrected chi connectivity index (χ1v) is 11.4. The van der Waals surface area contributed by atoms with Gasteiger partial charge in [-0.25, -0.2) is 9.18 Å². The molecule has 2 saturated heterocycles. The first-order valence-electron chi connectivity index (χ1n) is 11.4. The van der Waals surface area contributed by atoms with Crippen molar-refractivity contribution in [1.29, 1.82) is 0 Å². The van der Waals surface area contributed by atoms with Crippen molar-refractivity contribution in [2.75, 3.05) is 32.7 Å². The minimum absolute atomic E-state index is 0.0257. The molecule has 2 aromatic rings. The number of carbonyl (C=O) groups excluding carboxylic acids is 1. The Kier molecular flexibility index (Phi) is 5.37. The van der Waals surface area contributed by atoms with Crippen LogP contribution in [0, 0.1) is 22.9 Å². The maximum absolute atomic E-state index is 13.4. The minimum atomic E-state index is -0.590. The summed E-state index contributed by atoms with van der Waals surface area (Å²) < 4.78 is 18.1. The van der Waals surface area contributed by atoms with Crippen molar-refractivity contribution in [3.63, 3.8) is 0 Å². The monoisotopic (exact) mass is 415 g/mol. The summed E-state index contributed by atoms with van der Waals surface area (Å²) in [5.74, 6) is 0.305. The van der Waals surface area contributed by atoms with Gasteiger partial charge in [-0.15, -0.1) is 0 Å². The van der Waals surface area contributed by atoms with Gasteiger partial charge in [0.25, 0.3) is 0 Å². The van der Waals surface area contributed by atoms with E-state index in [0.717, 1.165) is 69.2 Å². The number of halogens is 1. The van der Waals surface area contributed by atoms with Crippen LogP contribution in [-0.2, 0) is 4.79 Å². The highest BCUT2D eigenvalue weighted by Crippen LogP contribution is 2.40. The quantitative estimate of drug-likeness (QED) is 0.541. The molecule has 1 aromatic carbocycles. The maximum Gasteiger partial charge on any atom is 0.317 e. The van der Waals surface area contributed by atoms with Crippen molar-refractivity contribution >= 4 is 16.9 Å². The summed E-state index contributed by atoms with van der Waals surface area (Å²) in [5, 5.41) is 18.2. The number of aromatic nitrogens is 1. The van der Waals surface area contributed by atoms with Crippen LogP contribution in [0.1, 0.15) is 56.6 Å². The van der Waals surface area contributed by atoms with E-state index in [4.69, 9.17) is 4.52 Å². The zero-order chi connectivity index (χ0) is 20.7. The molecule has 1 saturated carbocycles. The Bertz CT molecular complexity index is 924. The highest BCUT2D eigenvalue weighted by atomic mass is 19.1. The average molecular weight is 416 g/mol. The number of nitrogens with zero attached hydrogens (tertiary/aromatic N) is 3. The highest BCUT2D eigenvalue weighted by molar-refractivity contribution is 5.80. The van der Waals surface area contributed by atoms with E-state index >= 15 is 0 Å². The van der Waals surface area contributed by atoms with Gasteiger partial charge in [0.1, 0.15) is 5.82 Å². The number of quaternary nitrogens is 1. The number of amides is 1. The molecule has 0 spiro atoms.